The number of alkyl halides is 1. The van der Waals surface area contributed by atoms with E-state index in [9.17, 15) is 48.6 Å². The van der Waals surface area contributed by atoms with Crippen LogP contribution in [0.1, 0.15) is 227 Å². The molecule has 0 saturated carbocycles. The Labute approximate surface area is 627 Å². The van der Waals surface area contributed by atoms with E-state index in [1.807, 2.05) is 30.6 Å². The van der Waals surface area contributed by atoms with Gasteiger partial charge in [-0.1, -0.05) is 41.0 Å². The van der Waals surface area contributed by atoms with E-state index in [1.54, 1.807) is 6.92 Å². The molecule has 4 aliphatic heterocycles. The van der Waals surface area contributed by atoms with Gasteiger partial charge in [0.05, 0.1) is 25.2 Å². The summed E-state index contributed by atoms with van der Waals surface area (Å²) in [6, 6.07) is 0.285. The number of likely N-dealkylation sites (tertiary alicyclic amines) is 2. The number of nitrogens with one attached hydrogen (secondary N) is 3. The standard InChI is InChI=1S/C39H69IN4O10P.C31H55N3O9.2CH4O/c1-10-21-40-44(29(3)4)55(50-27-23-41-9)51-28-39(8)19-24-43(25-20-39)35(48)18-13-12-15-22-42-34(47)17-14-16-26-49-38-30(5)36(52-31(6)45)37(53-32(7)46)33(11-2)54-38;1-5-23-29(40)28(39)22(2)30(43-23)41-20-10-8-11-25(36)33-17-9-6-7-12-26(37)34-18-15-31(3,16-19-34)21-42-27(38)14-13-24(35)32-4;2*1-2/h29-30,33,36-38H,10-28H2,1-8H3,(H,42,47);22-23,28-30,39-40H,5-21H2,1-4H3,(H,32,35)(H,33,36);2*2H,1H3/q-1;;;/t30-,33-,36-,37+,38-,55?;22-,23-,28-,29+,30-;;/m11../s1/i8T;3T;2*2T. The maximum atomic E-state index is 13.0. The maximum Gasteiger partial charge on any atom is 0.210 e. The number of halogens is 1. The Morgan fingerprint density at radius 1 is 0.647 bits per heavy atom. The normalized spacial score (nSPS) is 23.6. The number of carbonyl (C=O) groups is 8. The van der Waals surface area contributed by atoms with Crippen LogP contribution in [-0.4, -0.2) is 243 Å². The summed E-state index contributed by atoms with van der Waals surface area (Å²) in [7, 11) is 2.81. The predicted octanol–water partition coefficient (Wildman–Crippen LogP) is 4.67. The second kappa shape index (κ2) is 55.4. The third kappa shape index (κ3) is 38.5. The van der Waals surface area contributed by atoms with Gasteiger partial charge in [-0.3, -0.25) is 33.6 Å². The van der Waals surface area contributed by atoms with Gasteiger partial charge in [-0.25, -0.2) is 0 Å². The third-order valence-electron chi connectivity index (χ3n) is 17.9. The van der Waals surface area contributed by atoms with Crippen LogP contribution in [-0.2, 0) is 80.6 Å². The van der Waals surface area contributed by atoms with E-state index in [-0.39, 0.29) is 108 Å². The van der Waals surface area contributed by atoms with Crippen molar-refractivity contribution >= 4 is 56.0 Å². The molecule has 4 aliphatic rings. The number of aliphatic hydroxyl groups excluding tert-OH is 4. The summed E-state index contributed by atoms with van der Waals surface area (Å²) in [6.45, 7) is 29.4. The Balaban J connectivity index is 0.00000101. The molecule has 0 bridgehead atoms. The summed E-state index contributed by atoms with van der Waals surface area (Å²) >= 11 is -0.255. The van der Waals surface area contributed by atoms with Crippen LogP contribution in [0.15, 0.2) is 0 Å². The summed E-state index contributed by atoms with van der Waals surface area (Å²) in [4.78, 5) is 104. The summed E-state index contributed by atoms with van der Waals surface area (Å²) in [5, 5.41) is 35.6. The minimum absolute atomic E-state index is 0.00753. The van der Waals surface area contributed by atoms with Crippen molar-refractivity contribution in [1.82, 2.24) is 28.6 Å². The first-order chi connectivity index (χ1) is 50.7. The van der Waals surface area contributed by atoms with Crippen molar-refractivity contribution in [2.45, 2.75) is 279 Å². The Kier molecular flexibility index (Phi) is 48.1. The van der Waals surface area contributed by atoms with Gasteiger partial charge in [0, 0.05) is 119 Å². The van der Waals surface area contributed by atoms with Crippen molar-refractivity contribution in [2.75, 3.05) is 105 Å². The molecule has 0 spiro atoms. The van der Waals surface area contributed by atoms with Crippen molar-refractivity contribution in [1.29, 1.82) is 2.86 Å². The zero-order valence-electron chi connectivity index (χ0n) is 67.5. The maximum absolute atomic E-state index is 13.0. The van der Waals surface area contributed by atoms with Gasteiger partial charge in [0.15, 0.2) is 18.7 Å². The topological polar surface area (TPSA) is 351 Å². The molecule has 7 N–H and O–H groups in total. The molecule has 11 atom stereocenters. The van der Waals surface area contributed by atoms with E-state index in [2.05, 4.69) is 54.7 Å². The fraction of sp³-hybridized carbons (Fsp3) is 0.875. The summed E-state index contributed by atoms with van der Waals surface area (Å²) < 4.78 is 83.8. The average molecular weight is 1600 g/mol. The molecule has 0 aromatic heterocycles. The van der Waals surface area contributed by atoms with Crippen LogP contribution < -0.4 is 37.4 Å². The quantitative estimate of drug-likeness (QED) is 0.00636. The summed E-state index contributed by atoms with van der Waals surface area (Å²) in [5.41, 5.74) is -0.773. The largest absolute Gasteiger partial charge is 0.400 e. The predicted molar refractivity (Wildman–Crippen MR) is 383 cm³/mol. The molecule has 5 amide bonds. The number of hydrogen-bond donors (Lipinski definition) is 7. The SMILES string of the molecule is [3H]CC1(COC(=O)CCC(=O)NC)CCN(C(=O)CCCCCNC(=O)CCCCO[C@@H]2O[C@H](CC)[C@H](O)[C@H](O)[C@H]2C)CC1.[3H]CC1(COP(OCC[N+]#[C-])N([I-]CCC)C(C)C)CCN(C(=O)CCCCCNC(=O)CCCCO[C@@H]2O[C@H](CC)[C@H](OC(C)=O)[C@H](OC(C)=O)[C@H]2C)CC1.[3H]OC.[3H]OC. The molecule has 0 aliphatic carbocycles. The zero-order chi connectivity index (χ0) is 79.5. The van der Waals surface area contributed by atoms with Crippen LogP contribution in [0.25, 0.3) is 4.85 Å². The number of nitrogens with zero attached hydrogens (tertiary/aromatic N) is 4. The van der Waals surface area contributed by atoms with Crippen molar-refractivity contribution in [2.24, 2.45) is 22.7 Å². The van der Waals surface area contributed by atoms with Crippen molar-refractivity contribution in [3.63, 3.8) is 0 Å². The van der Waals surface area contributed by atoms with E-state index in [4.69, 9.17) is 54.4 Å². The molecule has 0 aromatic carbocycles. The van der Waals surface area contributed by atoms with Crippen LogP contribution in [0, 0.1) is 29.2 Å². The van der Waals surface area contributed by atoms with Crippen LogP contribution >= 0.6 is 8.53 Å². The van der Waals surface area contributed by atoms with Gasteiger partial charge in [-0.05, 0) is 70.6 Å². The first kappa shape index (κ1) is 88.6. The fourth-order valence-electron chi connectivity index (χ4n) is 11.6. The Morgan fingerprint density at radius 3 is 1.59 bits per heavy atom. The van der Waals surface area contributed by atoms with Crippen LogP contribution in [0.5, 0.6) is 0 Å². The minimum atomic E-state index is -1.29. The Morgan fingerprint density at radius 2 is 1.13 bits per heavy atom. The average Bonchev–Trinajstić information content (AvgIpc) is 0.797. The molecule has 30 heteroatoms. The first-order valence-electron chi connectivity index (χ1n) is 39.0. The summed E-state index contributed by atoms with van der Waals surface area (Å²) in [6.07, 6.45) is 8.70. The number of amides is 5. The number of hydrogen-bond acceptors (Lipinski definition) is 22. The number of esters is 3. The molecule has 1 unspecified atom stereocenters. The van der Waals surface area contributed by atoms with E-state index in [1.165, 1.54) is 35.1 Å². The zero-order valence-corrected chi connectivity index (χ0v) is 66.5. The number of carbonyl (C=O) groups excluding carboxylic acids is 8. The van der Waals surface area contributed by atoms with E-state index in [0.717, 1.165) is 62.2 Å². The minimum Gasteiger partial charge on any atom is -0.400 e. The second-order valence-electron chi connectivity index (χ2n) is 26.7. The van der Waals surface area contributed by atoms with Gasteiger partial charge < -0.3 is 74.4 Å². The van der Waals surface area contributed by atoms with Crippen molar-refractivity contribution < 1.29 is 125 Å². The van der Waals surface area contributed by atoms with Crippen molar-refractivity contribution in [3.05, 3.63) is 11.4 Å². The van der Waals surface area contributed by atoms with Gasteiger partial charge in [-0.2, -0.15) is 0 Å². The number of unbranched alkanes of at least 4 members (excludes halogenated alkanes) is 6. The van der Waals surface area contributed by atoms with Crippen LogP contribution in [0.2, 0.25) is 0 Å². The molecule has 4 rings (SSSR count). The van der Waals surface area contributed by atoms with Gasteiger partial charge in [0.1, 0.15) is 18.3 Å². The molecule has 4 saturated heterocycles. The number of piperidine rings is 2. The third-order valence-corrected chi connectivity index (χ3v) is 24.6. The number of aliphatic hydroxyl groups is 4. The smallest absolute Gasteiger partial charge is 0.210 e. The van der Waals surface area contributed by atoms with Gasteiger partial charge in [0.2, 0.25) is 26.5 Å². The van der Waals surface area contributed by atoms with Crippen molar-refractivity contribution in [3.8, 4) is 0 Å². The molecular formula is C72H132IN7O21P-. The Hall–Kier alpha value is -4.03. The molecule has 0 aromatic rings. The summed E-state index contributed by atoms with van der Waals surface area (Å²) in [5.74, 6) is -2.12. The molecule has 102 heavy (non-hydrogen) atoms. The van der Waals surface area contributed by atoms with E-state index in [0.29, 0.717) is 149 Å². The monoisotopic (exact) mass is 1600 g/mol. The van der Waals surface area contributed by atoms with Gasteiger partial charge in [-0.15, -0.1) is 0 Å². The second-order valence-corrected chi connectivity index (χ2v) is 31.7. The number of rotatable bonds is 44. The first-order valence-corrected chi connectivity index (χ1v) is 40.4. The molecule has 594 valence electrons. The van der Waals surface area contributed by atoms with Gasteiger partial charge >= 0.3 is 203 Å². The van der Waals surface area contributed by atoms with Gasteiger partial charge in [0.25, 0.3) is 0 Å². The molecule has 28 nitrogen and oxygen atoms in total. The molecule has 0 radical (unpaired) electrons. The van der Waals surface area contributed by atoms with Crippen LogP contribution in [0.4, 0.5) is 0 Å². The molecular weight excluding hydrogens is 1460 g/mol. The number of ether oxygens (including phenoxy) is 7. The fourth-order valence-corrected chi connectivity index (χ4v) is 16.7. The molecule has 4 heterocycles. The Bertz CT molecular complexity index is 2490. The molecule has 4 fully saturated rings. The van der Waals surface area contributed by atoms with Crippen LogP contribution in [0.3, 0.4) is 0 Å². The van der Waals surface area contributed by atoms with E-state index < -0.39 is 81.1 Å². The van der Waals surface area contributed by atoms with E-state index >= 15 is 0 Å².